The lowest BCUT2D eigenvalue weighted by Crippen LogP contribution is -2.30. The first kappa shape index (κ1) is 14.9. The maximum Gasteiger partial charge on any atom is 0.331 e. The van der Waals surface area contributed by atoms with E-state index in [4.69, 9.17) is 9.47 Å². The van der Waals surface area contributed by atoms with E-state index in [9.17, 15) is 14.7 Å². The van der Waals surface area contributed by atoms with Gasteiger partial charge in [-0.3, -0.25) is 4.79 Å². The predicted octanol–water partition coefficient (Wildman–Crippen LogP) is 1.24. The molecular formula is C15H17NO5. The molecule has 6 heteroatoms. The van der Waals surface area contributed by atoms with Crippen molar-refractivity contribution in [1.82, 2.24) is 5.32 Å². The van der Waals surface area contributed by atoms with E-state index in [1.165, 1.54) is 25.3 Å². The van der Waals surface area contributed by atoms with Crippen LogP contribution in [0.4, 0.5) is 0 Å². The van der Waals surface area contributed by atoms with Crippen LogP contribution in [0.25, 0.3) is 6.08 Å². The van der Waals surface area contributed by atoms with Crippen molar-refractivity contribution in [3.05, 3.63) is 29.8 Å². The Labute approximate surface area is 122 Å². The fraction of sp³-hybridized carbons (Fsp3) is 0.333. The van der Waals surface area contributed by atoms with Crippen LogP contribution in [0, 0.1) is 0 Å². The number of aromatic hydroxyl groups is 1. The van der Waals surface area contributed by atoms with Crippen LogP contribution in [0.5, 0.6) is 11.5 Å². The van der Waals surface area contributed by atoms with Crippen LogP contribution in [0.3, 0.4) is 0 Å². The molecule has 1 amide bonds. The van der Waals surface area contributed by atoms with Gasteiger partial charge in [-0.1, -0.05) is 6.07 Å². The maximum absolute atomic E-state index is 11.5. The Morgan fingerprint density at radius 2 is 2.19 bits per heavy atom. The van der Waals surface area contributed by atoms with Crippen molar-refractivity contribution in [1.29, 1.82) is 0 Å². The van der Waals surface area contributed by atoms with Gasteiger partial charge in [-0.2, -0.15) is 0 Å². The zero-order chi connectivity index (χ0) is 15.2. The molecule has 0 aromatic heterocycles. The largest absolute Gasteiger partial charge is 0.504 e. The lowest BCUT2D eigenvalue weighted by molar-refractivity contribution is -0.143. The third kappa shape index (κ3) is 4.83. The molecule has 112 valence electrons. The van der Waals surface area contributed by atoms with Crippen LogP contribution < -0.4 is 10.1 Å². The minimum absolute atomic E-state index is 0.0222. The summed E-state index contributed by atoms with van der Waals surface area (Å²) in [6.45, 7) is -0.279. The highest BCUT2D eigenvalue weighted by Crippen LogP contribution is 2.26. The molecule has 1 aliphatic rings. The average molecular weight is 291 g/mol. The molecule has 1 saturated carbocycles. The molecule has 0 atom stereocenters. The Hall–Kier alpha value is -2.50. The second-order valence-electron chi connectivity index (χ2n) is 4.71. The van der Waals surface area contributed by atoms with Gasteiger partial charge in [-0.15, -0.1) is 0 Å². The Morgan fingerprint density at radius 3 is 2.86 bits per heavy atom. The van der Waals surface area contributed by atoms with E-state index in [2.05, 4.69) is 5.32 Å². The summed E-state index contributed by atoms with van der Waals surface area (Å²) in [5.74, 6) is -0.554. The topological polar surface area (TPSA) is 84.9 Å². The number of phenolic OH excluding ortho intramolecular Hbond substituents is 1. The first-order valence-corrected chi connectivity index (χ1v) is 6.59. The number of carbonyl (C=O) groups excluding carboxylic acids is 2. The van der Waals surface area contributed by atoms with Gasteiger partial charge in [-0.25, -0.2) is 4.79 Å². The molecule has 0 radical (unpaired) electrons. The number of benzene rings is 1. The number of carbonyl (C=O) groups is 2. The van der Waals surface area contributed by atoms with E-state index in [1.54, 1.807) is 12.1 Å². The lowest BCUT2D eigenvalue weighted by Gasteiger charge is -2.04. The summed E-state index contributed by atoms with van der Waals surface area (Å²) < 4.78 is 9.78. The van der Waals surface area contributed by atoms with Crippen molar-refractivity contribution in [2.24, 2.45) is 0 Å². The molecular weight excluding hydrogens is 274 g/mol. The van der Waals surface area contributed by atoms with Crippen molar-refractivity contribution >= 4 is 18.0 Å². The number of ether oxygens (including phenoxy) is 2. The summed E-state index contributed by atoms with van der Waals surface area (Å²) in [5.41, 5.74) is 0.670. The zero-order valence-electron chi connectivity index (χ0n) is 11.7. The lowest BCUT2D eigenvalue weighted by atomic mass is 10.2. The van der Waals surface area contributed by atoms with Gasteiger partial charge in [0.05, 0.1) is 7.11 Å². The van der Waals surface area contributed by atoms with Crippen molar-refractivity contribution in [3.8, 4) is 11.5 Å². The summed E-state index contributed by atoms with van der Waals surface area (Å²) in [7, 11) is 1.44. The van der Waals surface area contributed by atoms with E-state index in [1.807, 2.05) is 0 Å². The summed E-state index contributed by atoms with van der Waals surface area (Å²) in [4.78, 5) is 22.8. The molecule has 0 spiro atoms. The molecule has 2 rings (SSSR count). The van der Waals surface area contributed by atoms with Gasteiger partial charge in [0.15, 0.2) is 18.1 Å². The molecule has 1 aromatic carbocycles. The molecule has 6 nitrogen and oxygen atoms in total. The smallest absolute Gasteiger partial charge is 0.331 e. The molecule has 2 N–H and O–H groups in total. The second kappa shape index (κ2) is 6.78. The average Bonchev–Trinajstić information content (AvgIpc) is 3.28. The molecule has 1 fully saturated rings. The normalized spacial score (nSPS) is 14.0. The number of phenols is 1. The Bertz CT molecular complexity index is 563. The van der Waals surface area contributed by atoms with E-state index < -0.39 is 5.97 Å². The number of esters is 1. The highest BCUT2D eigenvalue weighted by molar-refractivity contribution is 5.89. The number of methoxy groups -OCH3 is 1. The molecule has 0 aliphatic heterocycles. The van der Waals surface area contributed by atoms with Gasteiger partial charge in [-0.05, 0) is 36.6 Å². The highest BCUT2D eigenvalue weighted by Gasteiger charge is 2.23. The molecule has 1 aromatic rings. The molecule has 0 unspecified atom stereocenters. The fourth-order valence-corrected chi connectivity index (χ4v) is 1.64. The Balaban J connectivity index is 1.82. The van der Waals surface area contributed by atoms with Crippen molar-refractivity contribution in [3.63, 3.8) is 0 Å². The molecule has 0 saturated heterocycles. The van der Waals surface area contributed by atoms with Gasteiger partial charge in [0.1, 0.15) is 0 Å². The zero-order valence-corrected chi connectivity index (χ0v) is 11.7. The van der Waals surface area contributed by atoms with Crippen molar-refractivity contribution < 1.29 is 24.2 Å². The summed E-state index contributed by atoms with van der Waals surface area (Å²) in [6, 6.07) is 4.92. The summed E-state index contributed by atoms with van der Waals surface area (Å²) in [5, 5.41) is 12.2. The Kier molecular flexibility index (Phi) is 4.81. The van der Waals surface area contributed by atoms with Crippen LogP contribution >= 0.6 is 0 Å². The molecule has 0 bridgehead atoms. The Morgan fingerprint density at radius 1 is 1.43 bits per heavy atom. The predicted molar refractivity (Wildman–Crippen MR) is 75.8 cm³/mol. The van der Waals surface area contributed by atoms with E-state index in [0.29, 0.717) is 11.3 Å². The number of rotatable bonds is 6. The van der Waals surface area contributed by atoms with E-state index in [-0.39, 0.29) is 24.3 Å². The number of nitrogens with one attached hydrogen (secondary N) is 1. The summed E-state index contributed by atoms with van der Waals surface area (Å²) in [6.07, 6.45) is 4.71. The first-order chi connectivity index (χ1) is 10.1. The van der Waals surface area contributed by atoms with Crippen LogP contribution in [-0.4, -0.2) is 36.7 Å². The monoisotopic (exact) mass is 291 g/mol. The van der Waals surface area contributed by atoms with Crippen molar-refractivity contribution in [2.75, 3.05) is 13.7 Å². The third-order valence-corrected chi connectivity index (χ3v) is 2.90. The third-order valence-electron chi connectivity index (χ3n) is 2.90. The quantitative estimate of drug-likeness (QED) is 0.608. The van der Waals surface area contributed by atoms with Gasteiger partial charge in [0, 0.05) is 12.1 Å². The van der Waals surface area contributed by atoms with Crippen LogP contribution in [0.2, 0.25) is 0 Å². The number of hydrogen-bond donors (Lipinski definition) is 2. The van der Waals surface area contributed by atoms with Crippen LogP contribution in [0.15, 0.2) is 24.3 Å². The standard InChI is InChI=1S/C15H17NO5/c1-20-13-8-10(2-6-12(13)17)3-7-15(19)21-9-14(18)16-11-4-5-11/h2-3,6-8,11,17H,4-5,9H2,1H3,(H,16,18)/b7-3-. The highest BCUT2D eigenvalue weighted by atomic mass is 16.5. The minimum Gasteiger partial charge on any atom is -0.504 e. The van der Waals surface area contributed by atoms with Gasteiger partial charge in [0.2, 0.25) is 0 Å². The van der Waals surface area contributed by atoms with Gasteiger partial charge in [0.25, 0.3) is 5.91 Å². The maximum atomic E-state index is 11.5. The fourth-order valence-electron chi connectivity index (χ4n) is 1.64. The van der Waals surface area contributed by atoms with Gasteiger partial charge >= 0.3 is 5.97 Å². The SMILES string of the molecule is COc1cc(/C=C\C(=O)OCC(=O)NC2CC2)ccc1O. The first-order valence-electron chi connectivity index (χ1n) is 6.59. The number of amides is 1. The van der Waals surface area contributed by atoms with E-state index >= 15 is 0 Å². The summed E-state index contributed by atoms with van der Waals surface area (Å²) >= 11 is 0. The van der Waals surface area contributed by atoms with Crippen LogP contribution in [0.1, 0.15) is 18.4 Å². The molecule has 21 heavy (non-hydrogen) atoms. The van der Waals surface area contributed by atoms with Gasteiger partial charge < -0.3 is 19.9 Å². The molecule has 0 heterocycles. The van der Waals surface area contributed by atoms with Crippen LogP contribution in [-0.2, 0) is 14.3 Å². The minimum atomic E-state index is -0.604. The number of hydrogen-bond acceptors (Lipinski definition) is 5. The van der Waals surface area contributed by atoms with E-state index in [0.717, 1.165) is 12.8 Å². The van der Waals surface area contributed by atoms with Crippen molar-refractivity contribution in [2.45, 2.75) is 18.9 Å². The molecule has 1 aliphatic carbocycles. The second-order valence-corrected chi connectivity index (χ2v) is 4.71.